The zero-order valence-electron chi connectivity index (χ0n) is 16.6. The molecule has 6 nitrogen and oxygen atoms in total. The molecular weight excluding hydrogens is 419 g/mol. The van der Waals surface area contributed by atoms with E-state index in [1.165, 1.54) is 31.4 Å². The van der Waals surface area contributed by atoms with Crippen molar-refractivity contribution in [2.45, 2.75) is 32.4 Å². The predicted molar refractivity (Wildman–Crippen MR) is 112 cm³/mol. The van der Waals surface area contributed by atoms with E-state index in [2.05, 4.69) is 5.32 Å². The van der Waals surface area contributed by atoms with E-state index in [0.717, 1.165) is 10.6 Å². The Kier molecular flexibility index (Phi) is 7.48. The van der Waals surface area contributed by atoms with E-state index in [-0.39, 0.29) is 22.9 Å². The van der Waals surface area contributed by atoms with Gasteiger partial charge in [0.1, 0.15) is 17.6 Å². The molecule has 2 aromatic carbocycles. The van der Waals surface area contributed by atoms with Gasteiger partial charge in [-0.25, -0.2) is 12.8 Å². The van der Waals surface area contributed by atoms with Crippen LogP contribution in [0.5, 0.6) is 5.75 Å². The Morgan fingerprint density at radius 2 is 1.86 bits per heavy atom. The van der Waals surface area contributed by atoms with Crippen LogP contribution in [0.1, 0.15) is 31.9 Å². The minimum Gasteiger partial charge on any atom is -0.495 e. The van der Waals surface area contributed by atoms with Crippen molar-refractivity contribution in [3.63, 3.8) is 0 Å². The number of nitrogens with one attached hydrogen (secondary N) is 1. The maximum absolute atomic E-state index is 13.1. The van der Waals surface area contributed by atoms with E-state index in [9.17, 15) is 17.6 Å². The van der Waals surface area contributed by atoms with Crippen LogP contribution in [0.4, 0.5) is 10.1 Å². The molecule has 0 saturated heterocycles. The van der Waals surface area contributed by atoms with Gasteiger partial charge in [0.25, 0.3) is 0 Å². The lowest BCUT2D eigenvalue weighted by Crippen LogP contribution is -2.49. The minimum atomic E-state index is -3.79. The topological polar surface area (TPSA) is 75.7 Å². The van der Waals surface area contributed by atoms with Crippen molar-refractivity contribution in [1.29, 1.82) is 0 Å². The Morgan fingerprint density at radius 1 is 1.24 bits per heavy atom. The van der Waals surface area contributed by atoms with Gasteiger partial charge < -0.3 is 10.1 Å². The number of sulfonamides is 1. The summed E-state index contributed by atoms with van der Waals surface area (Å²) in [6.07, 6.45) is 1.27. The van der Waals surface area contributed by atoms with Crippen molar-refractivity contribution in [1.82, 2.24) is 5.32 Å². The van der Waals surface area contributed by atoms with Crippen molar-refractivity contribution in [2.75, 3.05) is 17.7 Å². The molecule has 0 aliphatic heterocycles. The van der Waals surface area contributed by atoms with Crippen LogP contribution in [0.15, 0.2) is 42.5 Å². The summed E-state index contributed by atoms with van der Waals surface area (Å²) in [6, 6.07) is 8.84. The molecule has 1 N–H and O–H groups in total. The second-order valence-electron chi connectivity index (χ2n) is 6.58. The number of benzene rings is 2. The first kappa shape index (κ1) is 23.0. The molecule has 2 aromatic rings. The number of hydrogen-bond acceptors (Lipinski definition) is 4. The summed E-state index contributed by atoms with van der Waals surface area (Å²) < 4.78 is 44.3. The average molecular weight is 443 g/mol. The van der Waals surface area contributed by atoms with E-state index in [4.69, 9.17) is 16.3 Å². The molecule has 2 unspecified atom stereocenters. The van der Waals surface area contributed by atoms with Crippen LogP contribution >= 0.6 is 11.6 Å². The van der Waals surface area contributed by atoms with Gasteiger partial charge in [-0.1, -0.05) is 30.7 Å². The van der Waals surface area contributed by atoms with Crippen molar-refractivity contribution < 1.29 is 22.3 Å². The molecule has 0 saturated carbocycles. The quantitative estimate of drug-likeness (QED) is 0.672. The molecule has 0 aliphatic rings. The van der Waals surface area contributed by atoms with Crippen molar-refractivity contribution in [3.05, 3.63) is 58.9 Å². The monoisotopic (exact) mass is 442 g/mol. The second kappa shape index (κ2) is 9.45. The van der Waals surface area contributed by atoms with E-state index in [0.29, 0.717) is 11.3 Å². The van der Waals surface area contributed by atoms with Crippen LogP contribution in [0.25, 0.3) is 0 Å². The first-order valence-corrected chi connectivity index (χ1v) is 11.2. The molecule has 0 fully saturated rings. The third-order valence-corrected chi connectivity index (χ3v) is 5.92. The Bertz CT molecular complexity index is 967. The number of hydrogen-bond donors (Lipinski definition) is 1. The van der Waals surface area contributed by atoms with Gasteiger partial charge in [0.2, 0.25) is 15.9 Å². The van der Waals surface area contributed by atoms with Crippen LogP contribution < -0.4 is 14.4 Å². The summed E-state index contributed by atoms with van der Waals surface area (Å²) in [7, 11) is -2.34. The van der Waals surface area contributed by atoms with E-state index < -0.39 is 28.0 Å². The molecule has 0 spiro atoms. The van der Waals surface area contributed by atoms with Crippen LogP contribution in [0.2, 0.25) is 5.02 Å². The van der Waals surface area contributed by atoms with E-state index >= 15 is 0 Å². The average Bonchev–Trinajstić information content (AvgIpc) is 2.65. The molecule has 0 aromatic heterocycles. The molecule has 9 heteroatoms. The third kappa shape index (κ3) is 5.61. The molecular formula is C20H24ClFN2O4S. The highest BCUT2D eigenvalue weighted by Crippen LogP contribution is 2.32. The summed E-state index contributed by atoms with van der Waals surface area (Å²) >= 11 is 6.15. The fraction of sp³-hybridized carbons (Fsp3) is 0.350. The summed E-state index contributed by atoms with van der Waals surface area (Å²) in [5.74, 6) is -0.452. The number of carbonyl (C=O) groups excluding carboxylic acids is 1. The van der Waals surface area contributed by atoms with Crippen molar-refractivity contribution in [3.8, 4) is 5.75 Å². The zero-order chi connectivity index (χ0) is 21.8. The normalized spacial score (nSPS) is 13.4. The van der Waals surface area contributed by atoms with Crippen LogP contribution in [0.3, 0.4) is 0 Å². The van der Waals surface area contributed by atoms with Crippen molar-refractivity contribution in [2.24, 2.45) is 0 Å². The number of ether oxygens (including phenoxy) is 1. The summed E-state index contributed by atoms with van der Waals surface area (Å²) in [5, 5.41) is 3.03. The largest absolute Gasteiger partial charge is 0.495 e. The molecule has 0 heterocycles. The fourth-order valence-electron chi connectivity index (χ4n) is 3.00. The van der Waals surface area contributed by atoms with Gasteiger partial charge in [-0.15, -0.1) is 0 Å². The molecule has 2 rings (SSSR count). The molecule has 0 aliphatic carbocycles. The van der Waals surface area contributed by atoms with Gasteiger partial charge >= 0.3 is 0 Å². The van der Waals surface area contributed by atoms with Gasteiger partial charge in [0, 0.05) is 0 Å². The Balaban J connectivity index is 2.34. The highest BCUT2D eigenvalue weighted by Gasteiger charge is 2.32. The van der Waals surface area contributed by atoms with E-state index in [1.54, 1.807) is 32.0 Å². The molecule has 29 heavy (non-hydrogen) atoms. The summed E-state index contributed by atoms with van der Waals surface area (Å²) in [6.45, 7) is 3.46. The maximum atomic E-state index is 13.1. The smallest absolute Gasteiger partial charge is 0.244 e. The number of anilines is 1. The lowest BCUT2D eigenvalue weighted by molar-refractivity contribution is -0.122. The predicted octanol–water partition coefficient (Wildman–Crippen LogP) is 3.91. The SMILES string of the molecule is CCC(C(=O)NC(C)c1ccc(F)cc1)N(c1ccc(OC)c(Cl)c1)S(C)(=O)=O. The number of methoxy groups -OCH3 is 1. The summed E-state index contributed by atoms with van der Waals surface area (Å²) in [5.41, 5.74) is 0.961. The lowest BCUT2D eigenvalue weighted by Gasteiger charge is -2.31. The number of halogens is 2. The molecule has 1 amide bonds. The second-order valence-corrected chi connectivity index (χ2v) is 8.85. The molecule has 2 atom stereocenters. The van der Waals surface area contributed by atoms with Crippen LogP contribution in [0, 0.1) is 5.82 Å². The molecule has 158 valence electrons. The zero-order valence-corrected chi connectivity index (χ0v) is 18.2. The first-order valence-electron chi connectivity index (χ1n) is 8.97. The molecule has 0 radical (unpaired) electrons. The van der Waals surface area contributed by atoms with Crippen molar-refractivity contribution >= 4 is 33.2 Å². The fourth-order valence-corrected chi connectivity index (χ4v) is 4.45. The highest BCUT2D eigenvalue weighted by molar-refractivity contribution is 7.92. The van der Waals surface area contributed by atoms with Gasteiger partial charge in [0.05, 0.1) is 30.1 Å². The number of carbonyl (C=O) groups is 1. The van der Waals surface area contributed by atoms with Crippen LogP contribution in [-0.2, 0) is 14.8 Å². The first-order chi connectivity index (χ1) is 13.6. The Hall–Kier alpha value is -2.32. The number of nitrogens with zero attached hydrogens (tertiary/aromatic N) is 1. The minimum absolute atomic E-state index is 0.230. The Labute approximate surface area is 175 Å². The van der Waals surface area contributed by atoms with E-state index in [1.807, 2.05) is 0 Å². The molecule has 0 bridgehead atoms. The van der Waals surface area contributed by atoms with Gasteiger partial charge in [0.15, 0.2) is 0 Å². The van der Waals surface area contributed by atoms with Gasteiger partial charge in [-0.2, -0.15) is 0 Å². The van der Waals surface area contributed by atoms with Gasteiger partial charge in [-0.05, 0) is 49.2 Å². The lowest BCUT2D eigenvalue weighted by atomic mass is 10.1. The summed E-state index contributed by atoms with van der Waals surface area (Å²) in [4.78, 5) is 12.9. The maximum Gasteiger partial charge on any atom is 0.244 e. The Morgan fingerprint density at radius 3 is 2.34 bits per heavy atom. The highest BCUT2D eigenvalue weighted by atomic mass is 35.5. The third-order valence-electron chi connectivity index (χ3n) is 4.45. The standard InChI is InChI=1S/C20H24ClFN2O4S/c1-5-18(20(25)23-13(2)14-6-8-15(22)9-7-14)24(29(4,26)27)16-10-11-19(28-3)17(21)12-16/h6-13,18H,5H2,1-4H3,(H,23,25). The number of rotatable bonds is 8. The van der Waals surface area contributed by atoms with Gasteiger partial charge in [-0.3, -0.25) is 9.10 Å². The van der Waals surface area contributed by atoms with Crippen LogP contribution in [-0.4, -0.2) is 33.7 Å². The number of amides is 1.